The van der Waals surface area contributed by atoms with Crippen molar-refractivity contribution in [1.29, 1.82) is 0 Å². The number of aryl methyl sites for hydroxylation is 1. The third-order valence-electron chi connectivity index (χ3n) is 2.69. The summed E-state index contributed by atoms with van der Waals surface area (Å²) >= 11 is 0. The molecule has 2 rings (SSSR count). The van der Waals surface area contributed by atoms with E-state index in [4.69, 9.17) is 4.74 Å². The van der Waals surface area contributed by atoms with Crippen molar-refractivity contribution in [3.05, 3.63) is 36.2 Å². The lowest BCUT2D eigenvalue weighted by Gasteiger charge is -2.11. The first-order chi connectivity index (χ1) is 9.22. The minimum Gasteiger partial charge on any atom is -0.497 e. The van der Waals surface area contributed by atoms with E-state index in [2.05, 4.69) is 20.6 Å². The van der Waals surface area contributed by atoms with Crippen molar-refractivity contribution in [2.75, 3.05) is 24.3 Å². The van der Waals surface area contributed by atoms with Crippen molar-refractivity contribution < 1.29 is 4.74 Å². The first-order valence-corrected chi connectivity index (χ1v) is 6.20. The molecule has 0 radical (unpaired) electrons. The Bertz CT molecular complexity index is 557. The summed E-state index contributed by atoms with van der Waals surface area (Å²) in [7, 11) is 1.66. The van der Waals surface area contributed by atoms with Crippen LogP contribution in [0, 0.1) is 6.92 Å². The van der Waals surface area contributed by atoms with Crippen LogP contribution >= 0.6 is 0 Å². The normalized spacial score (nSPS) is 10.1. The molecule has 0 aliphatic rings. The molecular formula is C14H18N4O. The summed E-state index contributed by atoms with van der Waals surface area (Å²) in [5.41, 5.74) is 2.08. The van der Waals surface area contributed by atoms with E-state index < -0.39 is 0 Å². The predicted molar refractivity (Wildman–Crippen MR) is 77.2 cm³/mol. The van der Waals surface area contributed by atoms with E-state index in [1.165, 1.54) is 0 Å². The van der Waals surface area contributed by atoms with Crippen molar-refractivity contribution in [3.8, 4) is 5.75 Å². The highest BCUT2D eigenvalue weighted by atomic mass is 16.5. The maximum atomic E-state index is 5.19. The predicted octanol–water partition coefficient (Wildman–Crippen LogP) is 2.97. The molecule has 1 heterocycles. The summed E-state index contributed by atoms with van der Waals surface area (Å²) in [6, 6.07) is 5.86. The van der Waals surface area contributed by atoms with Crippen LogP contribution in [0.5, 0.6) is 5.75 Å². The number of nitrogens with one attached hydrogen (secondary N) is 2. The average molecular weight is 258 g/mol. The van der Waals surface area contributed by atoms with Crippen molar-refractivity contribution in [3.63, 3.8) is 0 Å². The van der Waals surface area contributed by atoms with Gasteiger partial charge in [-0.3, -0.25) is 4.98 Å². The number of rotatable bonds is 5. The zero-order chi connectivity index (χ0) is 13.7. The van der Waals surface area contributed by atoms with Gasteiger partial charge in [0.2, 0.25) is 0 Å². The molecule has 2 N–H and O–H groups in total. The average Bonchev–Trinajstić information content (AvgIpc) is 2.42. The van der Waals surface area contributed by atoms with Gasteiger partial charge in [0.1, 0.15) is 11.6 Å². The molecule has 0 aliphatic heterocycles. The van der Waals surface area contributed by atoms with Gasteiger partial charge in [-0.15, -0.1) is 0 Å². The quantitative estimate of drug-likeness (QED) is 0.863. The first kappa shape index (κ1) is 13.1. The Morgan fingerprint density at radius 3 is 2.68 bits per heavy atom. The van der Waals surface area contributed by atoms with Gasteiger partial charge in [0.15, 0.2) is 5.82 Å². The molecule has 19 heavy (non-hydrogen) atoms. The van der Waals surface area contributed by atoms with Crippen LogP contribution in [0.25, 0.3) is 0 Å². The second-order valence-corrected chi connectivity index (χ2v) is 4.13. The van der Waals surface area contributed by atoms with Gasteiger partial charge < -0.3 is 15.4 Å². The minimum absolute atomic E-state index is 0.715. The van der Waals surface area contributed by atoms with Crippen LogP contribution < -0.4 is 15.4 Å². The fourth-order valence-electron chi connectivity index (χ4n) is 1.73. The number of nitrogens with zero attached hydrogens (tertiary/aromatic N) is 2. The van der Waals surface area contributed by atoms with E-state index in [1.807, 2.05) is 32.0 Å². The van der Waals surface area contributed by atoms with Gasteiger partial charge in [0, 0.05) is 12.2 Å². The van der Waals surface area contributed by atoms with E-state index >= 15 is 0 Å². The van der Waals surface area contributed by atoms with Crippen molar-refractivity contribution in [1.82, 2.24) is 9.97 Å². The van der Waals surface area contributed by atoms with E-state index in [1.54, 1.807) is 19.5 Å². The molecule has 0 amide bonds. The third-order valence-corrected chi connectivity index (χ3v) is 2.69. The summed E-state index contributed by atoms with van der Waals surface area (Å²) in [6.45, 7) is 4.86. The fourth-order valence-corrected chi connectivity index (χ4v) is 1.73. The molecule has 5 nitrogen and oxygen atoms in total. The van der Waals surface area contributed by atoms with E-state index in [0.717, 1.165) is 29.4 Å². The number of benzene rings is 1. The molecule has 2 aromatic rings. The van der Waals surface area contributed by atoms with Gasteiger partial charge in [-0.1, -0.05) is 0 Å². The molecule has 0 atom stereocenters. The van der Waals surface area contributed by atoms with Gasteiger partial charge in [0.25, 0.3) is 0 Å². The summed E-state index contributed by atoms with van der Waals surface area (Å²) < 4.78 is 5.19. The summed E-state index contributed by atoms with van der Waals surface area (Å²) in [4.78, 5) is 8.58. The molecule has 0 fully saturated rings. The number of hydrogen-bond acceptors (Lipinski definition) is 5. The van der Waals surface area contributed by atoms with Crippen LogP contribution in [-0.2, 0) is 0 Å². The number of aromatic nitrogens is 2. The molecule has 100 valence electrons. The Kier molecular flexibility index (Phi) is 4.18. The lowest BCUT2D eigenvalue weighted by Crippen LogP contribution is -2.03. The molecule has 0 spiro atoms. The first-order valence-electron chi connectivity index (χ1n) is 6.20. The smallest absolute Gasteiger partial charge is 0.151 e. The maximum Gasteiger partial charge on any atom is 0.151 e. The highest BCUT2D eigenvalue weighted by molar-refractivity contribution is 5.62. The summed E-state index contributed by atoms with van der Waals surface area (Å²) in [5.74, 6) is 2.32. The lowest BCUT2D eigenvalue weighted by atomic mass is 10.2. The van der Waals surface area contributed by atoms with E-state index in [0.29, 0.717) is 5.82 Å². The van der Waals surface area contributed by atoms with Crippen molar-refractivity contribution in [2.24, 2.45) is 0 Å². The topological polar surface area (TPSA) is 59.1 Å². The largest absolute Gasteiger partial charge is 0.497 e. The number of anilines is 3. The van der Waals surface area contributed by atoms with Gasteiger partial charge >= 0.3 is 0 Å². The fraction of sp³-hybridized carbons (Fsp3) is 0.286. The third kappa shape index (κ3) is 3.34. The van der Waals surface area contributed by atoms with Crippen LogP contribution in [0.4, 0.5) is 17.3 Å². The molecule has 0 saturated heterocycles. The summed E-state index contributed by atoms with van der Waals surface area (Å²) in [6.07, 6.45) is 3.40. The molecule has 1 aromatic carbocycles. The molecule has 5 heteroatoms. The van der Waals surface area contributed by atoms with Crippen LogP contribution in [0.15, 0.2) is 30.6 Å². The Morgan fingerprint density at radius 1 is 1.21 bits per heavy atom. The van der Waals surface area contributed by atoms with E-state index in [9.17, 15) is 0 Å². The van der Waals surface area contributed by atoms with Crippen LogP contribution in [0.2, 0.25) is 0 Å². The molecule has 0 aliphatic carbocycles. The second kappa shape index (κ2) is 6.04. The van der Waals surface area contributed by atoms with Gasteiger partial charge in [-0.25, -0.2) is 4.98 Å². The SMILES string of the molecule is CCNc1cncc(Nc2ccc(OC)cc2C)n1. The Labute approximate surface area is 113 Å². The van der Waals surface area contributed by atoms with Crippen LogP contribution in [0.1, 0.15) is 12.5 Å². The van der Waals surface area contributed by atoms with Crippen molar-refractivity contribution >= 4 is 17.3 Å². The number of ether oxygens (including phenoxy) is 1. The van der Waals surface area contributed by atoms with E-state index in [-0.39, 0.29) is 0 Å². The Hall–Kier alpha value is -2.30. The highest BCUT2D eigenvalue weighted by Gasteiger charge is 2.03. The van der Waals surface area contributed by atoms with Crippen molar-refractivity contribution in [2.45, 2.75) is 13.8 Å². The second-order valence-electron chi connectivity index (χ2n) is 4.13. The number of methoxy groups -OCH3 is 1. The standard InChI is InChI=1S/C14H18N4O/c1-4-16-13-8-15-9-14(18-13)17-12-6-5-11(19-3)7-10(12)2/h5-9H,4H2,1-3H3,(H2,16,17,18). The molecule has 1 aromatic heterocycles. The maximum absolute atomic E-state index is 5.19. The van der Waals surface area contributed by atoms with Gasteiger partial charge in [-0.2, -0.15) is 0 Å². The zero-order valence-corrected chi connectivity index (χ0v) is 11.4. The zero-order valence-electron chi connectivity index (χ0n) is 11.4. The molecular weight excluding hydrogens is 240 g/mol. The highest BCUT2D eigenvalue weighted by Crippen LogP contribution is 2.23. The van der Waals surface area contributed by atoms with Crippen LogP contribution in [0.3, 0.4) is 0 Å². The van der Waals surface area contributed by atoms with Crippen LogP contribution in [-0.4, -0.2) is 23.6 Å². The molecule has 0 saturated carbocycles. The van der Waals surface area contributed by atoms with Gasteiger partial charge in [-0.05, 0) is 37.6 Å². The Morgan fingerprint density at radius 2 is 2.00 bits per heavy atom. The summed E-state index contributed by atoms with van der Waals surface area (Å²) in [5, 5.41) is 6.39. The lowest BCUT2D eigenvalue weighted by molar-refractivity contribution is 0.414. The molecule has 0 bridgehead atoms. The minimum atomic E-state index is 0.715. The Balaban J connectivity index is 2.18. The monoisotopic (exact) mass is 258 g/mol. The molecule has 0 unspecified atom stereocenters. The van der Waals surface area contributed by atoms with Gasteiger partial charge in [0.05, 0.1) is 19.5 Å². The number of hydrogen-bond donors (Lipinski definition) is 2.